The fourth-order valence-electron chi connectivity index (χ4n) is 12.9. The normalized spacial score (nSPS) is 15.7. The number of para-hydroxylation sites is 4. The van der Waals surface area contributed by atoms with Crippen LogP contribution in [-0.2, 0) is 0 Å². The van der Waals surface area contributed by atoms with E-state index in [4.69, 9.17) is 20.5 Å². The number of quaternary nitrogens is 3. The van der Waals surface area contributed by atoms with Gasteiger partial charge in [-0.2, -0.15) is 0 Å². The molecule has 13 heteroatoms. The van der Waals surface area contributed by atoms with E-state index in [1.54, 1.807) is 11.8 Å². The summed E-state index contributed by atoms with van der Waals surface area (Å²) in [5.74, 6) is 0. The van der Waals surface area contributed by atoms with Crippen molar-refractivity contribution < 1.29 is 23.4 Å². The molecule has 11 aromatic carbocycles. The van der Waals surface area contributed by atoms with Crippen molar-refractivity contribution in [3.05, 3.63) is 289 Å². The van der Waals surface area contributed by atoms with Crippen LogP contribution in [0.2, 0.25) is 0 Å². The van der Waals surface area contributed by atoms with E-state index in [2.05, 4.69) is 313 Å². The fraction of sp³-hybridized carbons (Fsp3) is 0.177. The Kier molecular flexibility index (Phi) is 18.1. The molecular weight excluding hydrogens is 1150 g/mol. The molecule has 0 aliphatic carbocycles. The van der Waals surface area contributed by atoms with E-state index in [1.165, 1.54) is 65.4 Å². The second-order valence-electron chi connectivity index (χ2n) is 25.6. The molecule has 0 saturated carbocycles. The van der Waals surface area contributed by atoms with Crippen molar-refractivity contribution in [1.82, 2.24) is 13.4 Å². The lowest BCUT2D eigenvalue weighted by Crippen LogP contribution is -2.47. The van der Waals surface area contributed by atoms with Gasteiger partial charge in [0.15, 0.2) is 40.3 Å². The number of benzene rings is 11. The lowest BCUT2D eigenvalue weighted by molar-refractivity contribution is -0.690. The molecule has 4 aliphatic rings. The van der Waals surface area contributed by atoms with E-state index in [0.29, 0.717) is 6.67 Å². The summed E-state index contributed by atoms with van der Waals surface area (Å²) in [7, 11) is 13.5. The van der Waals surface area contributed by atoms with Crippen LogP contribution in [0, 0.1) is 27.7 Å². The van der Waals surface area contributed by atoms with Crippen molar-refractivity contribution in [2.75, 3.05) is 69.0 Å². The molecule has 92 heavy (non-hydrogen) atoms. The summed E-state index contributed by atoms with van der Waals surface area (Å²) in [6, 6.07) is 90.5. The van der Waals surface area contributed by atoms with Gasteiger partial charge in [0.25, 0.3) is 0 Å². The predicted molar refractivity (Wildman–Crippen MR) is 379 cm³/mol. The van der Waals surface area contributed by atoms with Crippen molar-refractivity contribution >= 4 is 97.0 Å². The van der Waals surface area contributed by atoms with Gasteiger partial charge in [0.05, 0.1) is 42.3 Å². The van der Waals surface area contributed by atoms with Gasteiger partial charge in [-0.05, 0) is 124 Å². The van der Waals surface area contributed by atoms with Crippen molar-refractivity contribution in [2.45, 2.75) is 37.5 Å². The molecule has 0 N–H and O–H groups in total. The van der Waals surface area contributed by atoms with Crippen molar-refractivity contribution in [1.29, 1.82) is 0 Å². The first-order valence-electron chi connectivity index (χ1n) is 31.4. The maximum absolute atomic E-state index is 4.98. The Morgan fingerprint density at radius 3 is 1.32 bits per heavy atom. The van der Waals surface area contributed by atoms with E-state index >= 15 is 0 Å². The van der Waals surface area contributed by atoms with Gasteiger partial charge in [-0.15, -0.1) is 4.58 Å². The number of nitrogens with zero attached hydrogens (tertiary/aromatic N) is 12. The van der Waals surface area contributed by atoms with Crippen LogP contribution in [0.5, 0.6) is 0 Å². The molecule has 0 unspecified atom stereocenters. The maximum Gasteiger partial charge on any atom is 0.368 e. The summed E-state index contributed by atoms with van der Waals surface area (Å²) in [6.07, 6.45) is 2.18. The summed E-state index contributed by atoms with van der Waals surface area (Å²) in [5.41, 5.74) is 20.0. The maximum atomic E-state index is 4.98. The van der Waals surface area contributed by atoms with Gasteiger partial charge in [0.2, 0.25) is 34.1 Å². The van der Waals surface area contributed by atoms with Gasteiger partial charge >= 0.3 is 26.7 Å². The number of azo groups is 8. The Balaban J connectivity index is 0.000000119. The largest absolute Gasteiger partial charge is 0.368 e. The first-order valence-corrected chi connectivity index (χ1v) is 32.2. The van der Waals surface area contributed by atoms with Crippen molar-refractivity contribution in [2.24, 2.45) is 20.5 Å². The van der Waals surface area contributed by atoms with Crippen LogP contribution >= 0.6 is 11.8 Å². The van der Waals surface area contributed by atoms with E-state index in [0.717, 1.165) is 84.6 Å². The minimum atomic E-state index is 0.689. The minimum absolute atomic E-state index is 0.689. The van der Waals surface area contributed by atoms with E-state index < -0.39 is 0 Å². The second-order valence-corrected chi connectivity index (χ2v) is 26.7. The summed E-state index contributed by atoms with van der Waals surface area (Å²) in [6.45, 7) is 11.8. The highest BCUT2D eigenvalue weighted by atomic mass is 32.2. The lowest BCUT2D eigenvalue weighted by atomic mass is 10.1. The molecule has 0 atom stereocenters. The molecule has 0 fully saturated rings. The Morgan fingerprint density at radius 2 is 0.772 bits per heavy atom. The average molecular weight is 1230 g/mol. The summed E-state index contributed by atoms with van der Waals surface area (Å²) in [5, 5.41) is 22.1. The number of aryl methyl sites for hydroxylation is 4. The first-order chi connectivity index (χ1) is 44.4. The van der Waals surface area contributed by atoms with Crippen molar-refractivity contribution in [3.63, 3.8) is 0 Å². The minimum Gasteiger partial charge on any atom is -0.237 e. The second kappa shape index (κ2) is 26.8. The molecule has 456 valence electrons. The zero-order valence-corrected chi connectivity index (χ0v) is 55.3. The zero-order chi connectivity index (χ0) is 64.0. The van der Waals surface area contributed by atoms with Gasteiger partial charge in [-0.3, -0.25) is 0 Å². The van der Waals surface area contributed by atoms with Gasteiger partial charge in [-0.25, -0.2) is 13.4 Å². The molecule has 0 aromatic heterocycles. The molecule has 0 spiro atoms. The zero-order valence-electron chi connectivity index (χ0n) is 54.5. The highest BCUT2D eigenvalue weighted by Gasteiger charge is 2.41. The Morgan fingerprint density at radius 1 is 0.348 bits per heavy atom. The third kappa shape index (κ3) is 14.1. The number of hydrogen-bond donors (Lipinski definition) is 0. The van der Waals surface area contributed by atoms with Gasteiger partial charge in [0.1, 0.15) is 0 Å². The molecule has 4 aliphatic heterocycles. The monoisotopic (exact) mass is 1230 g/mol. The SMILES string of the molecule is C[N+]1(C)C[N+](c2ccccc2)=Nc2ccc3ccccc3c21.Cc1cc(C)c2c(c1)N=[N+](c1ccccc1)C[N+]2(C)C.Cc1cc(Sc2ccccc2)cc2c1[N+](C)(C)C[N+](c1ccccc1)=N2.Cc1ccc2c(c1)N=[N+](c1ccccc1)C/[N+]2=C/c1ccccc1. The third-order valence-electron chi connectivity index (χ3n) is 16.8. The molecular formula is C79H82N12S+8. The van der Waals surface area contributed by atoms with Gasteiger partial charge in [-0.1, -0.05) is 157 Å². The van der Waals surface area contributed by atoms with Crippen LogP contribution in [0.1, 0.15) is 27.8 Å². The summed E-state index contributed by atoms with van der Waals surface area (Å²) >= 11 is 1.79. The molecule has 15 rings (SSSR count). The van der Waals surface area contributed by atoms with E-state index in [-0.39, 0.29) is 0 Å². The van der Waals surface area contributed by atoms with Crippen molar-refractivity contribution in [3.8, 4) is 0 Å². The third-order valence-corrected chi connectivity index (χ3v) is 17.8. The molecule has 0 radical (unpaired) electrons. The highest BCUT2D eigenvalue weighted by molar-refractivity contribution is 7.99. The fourth-order valence-corrected chi connectivity index (χ4v) is 13.8. The molecule has 0 amide bonds. The van der Waals surface area contributed by atoms with Crippen LogP contribution in [0.4, 0.5) is 68.2 Å². The lowest BCUT2D eigenvalue weighted by Gasteiger charge is -2.30. The highest BCUT2D eigenvalue weighted by Crippen LogP contribution is 2.46. The molecule has 4 heterocycles. The Bertz CT molecular complexity index is 4640. The summed E-state index contributed by atoms with van der Waals surface area (Å²) < 4.78 is 13.0. The van der Waals surface area contributed by atoms with Crippen LogP contribution in [-0.4, -0.2) is 98.5 Å². The quantitative estimate of drug-likeness (QED) is 0.116. The summed E-state index contributed by atoms with van der Waals surface area (Å²) in [4.78, 5) is 2.47. The Hall–Kier alpha value is -10.0. The van der Waals surface area contributed by atoms with Gasteiger partial charge < -0.3 is 0 Å². The van der Waals surface area contributed by atoms with Crippen LogP contribution < -0.4 is 13.4 Å². The topological polar surface area (TPSA) is 64.5 Å². The van der Waals surface area contributed by atoms with Gasteiger partial charge in [0, 0.05) is 107 Å². The predicted octanol–water partition coefficient (Wildman–Crippen LogP) is 20.3. The first kappa shape index (κ1) is 62.2. The van der Waals surface area contributed by atoms with E-state index in [9.17, 15) is 0 Å². The van der Waals surface area contributed by atoms with Crippen LogP contribution in [0.15, 0.2) is 291 Å². The smallest absolute Gasteiger partial charge is 0.237 e. The average Bonchev–Trinajstić information content (AvgIpc) is 0.776. The molecule has 0 bridgehead atoms. The number of fused-ring (bicyclic) bond motifs is 6. The molecule has 11 aromatic rings. The van der Waals surface area contributed by atoms with E-state index in [1.807, 2.05) is 47.2 Å². The standard InChI is InChI=1S/C22H23N3S.C21H19N3.C19H19N3.C17H21N3/c1-17-14-20(26-19-12-8-5-9-13-19)15-21-22(17)25(2,3)16-24(23-21)18-10-6-4-7-11-18;1-17-12-13-21-20(14-17)22-24(19-10-6-3-7-11-19)16-23(21)15-18-8-4-2-5-9-18;1-22(2)14-21(16-9-4-3-5-10-16)20-18-13-12-15-8-6-7-11-17(15)19(18)22;1-13-10-14(2)17-16(11-13)18-19(12-20(17,3)4)15-8-6-5-7-9-15/h4-15H,16H2,1-3H3;2-15H,16H2,1H3;3-13H,14H2,1-2H3;5-11H,12H2,1-4H3/q4*+2/b;23-15-;;. The van der Waals surface area contributed by atoms with Crippen LogP contribution in [0.25, 0.3) is 10.8 Å². The number of rotatable bonds is 7. The Labute approximate surface area is 546 Å². The van der Waals surface area contributed by atoms with Crippen LogP contribution in [0.3, 0.4) is 0 Å². The number of hydrogen-bond acceptors (Lipinski definition) is 5. The molecule has 0 saturated heterocycles. The molecule has 12 nitrogen and oxygen atoms in total.